The molecule has 0 aliphatic rings. The van der Waals surface area contributed by atoms with E-state index in [0.717, 1.165) is 39.1 Å². The molecular formula is C27H25FN2O2. The Kier molecular flexibility index (Phi) is 7.07. The zero-order valence-corrected chi connectivity index (χ0v) is 18.6. The number of amides is 1. The fourth-order valence-corrected chi connectivity index (χ4v) is 3.36. The Morgan fingerprint density at radius 3 is 2.22 bits per heavy atom. The van der Waals surface area contributed by atoms with Crippen molar-refractivity contribution in [2.45, 2.75) is 34.3 Å². The molecule has 0 bridgehead atoms. The predicted molar refractivity (Wildman–Crippen MR) is 125 cm³/mol. The van der Waals surface area contributed by atoms with Crippen LogP contribution in [0, 0.1) is 44.8 Å². The SMILES string of the molecule is Cc1ccc(NC(=O)/C(C#N)=C/c2cc(C)c(OCc3ccc(F)cc3)c(C)c2)cc1C. The predicted octanol–water partition coefficient (Wildman–Crippen LogP) is 6.18. The molecule has 1 amide bonds. The fourth-order valence-electron chi connectivity index (χ4n) is 3.36. The quantitative estimate of drug-likeness (QED) is 0.376. The van der Waals surface area contributed by atoms with Crippen LogP contribution in [0.25, 0.3) is 6.08 Å². The van der Waals surface area contributed by atoms with Crippen LogP contribution in [0.3, 0.4) is 0 Å². The van der Waals surface area contributed by atoms with Crippen molar-refractivity contribution in [1.29, 1.82) is 5.26 Å². The van der Waals surface area contributed by atoms with Crippen LogP contribution in [0.2, 0.25) is 0 Å². The number of nitrogens with one attached hydrogen (secondary N) is 1. The summed E-state index contributed by atoms with van der Waals surface area (Å²) in [6.45, 7) is 8.10. The second-order valence-corrected chi connectivity index (χ2v) is 7.82. The zero-order chi connectivity index (χ0) is 23.3. The number of nitriles is 1. The Morgan fingerprint density at radius 2 is 1.62 bits per heavy atom. The van der Waals surface area contributed by atoms with Gasteiger partial charge in [-0.1, -0.05) is 18.2 Å². The summed E-state index contributed by atoms with van der Waals surface area (Å²) >= 11 is 0. The molecule has 0 unspecified atom stereocenters. The standard InChI is InChI=1S/C27H25FN2O2/c1-17-5-10-25(13-18(17)2)30-27(31)23(15-29)14-22-11-19(3)26(20(4)12-22)32-16-21-6-8-24(28)9-7-21/h5-14H,16H2,1-4H3,(H,30,31)/b23-14+. The molecule has 4 nitrogen and oxygen atoms in total. The molecule has 0 heterocycles. The van der Waals surface area contributed by atoms with Gasteiger partial charge in [0.15, 0.2) is 0 Å². The highest BCUT2D eigenvalue weighted by Gasteiger charge is 2.12. The van der Waals surface area contributed by atoms with E-state index in [-0.39, 0.29) is 11.4 Å². The number of rotatable bonds is 6. The van der Waals surface area contributed by atoms with Crippen molar-refractivity contribution in [3.63, 3.8) is 0 Å². The number of anilines is 1. The van der Waals surface area contributed by atoms with Crippen LogP contribution in [0.4, 0.5) is 10.1 Å². The number of benzene rings is 3. The van der Waals surface area contributed by atoms with Crippen molar-refractivity contribution in [3.05, 3.63) is 99.4 Å². The van der Waals surface area contributed by atoms with E-state index in [0.29, 0.717) is 12.3 Å². The lowest BCUT2D eigenvalue weighted by atomic mass is 10.0. The van der Waals surface area contributed by atoms with Crippen LogP contribution >= 0.6 is 0 Å². The molecule has 0 atom stereocenters. The van der Waals surface area contributed by atoms with E-state index in [1.54, 1.807) is 18.2 Å². The Labute approximate surface area is 188 Å². The number of hydrogen-bond donors (Lipinski definition) is 1. The summed E-state index contributed by atoms with van der Waals surface area (Å²) < 4.78 is 19.0. The number of ether oxygens (including phenoxy) is 1. The van der Waals surface area contributed by atoms with Crippen molar-refractivity contribution in [2.75, 3.05) is 5.32 Å². The van der Waals surface area contributed by atoms with E-state index >= 15 is 0 Å². The summed E-state index contributed by atoms with van der Waals surface area (Å²) in [5.41, 5.74) is 6.22. The van der Waals surface area contributed by atoms with E-state index in [2.05, 4.69) is 5.32 Å². The lowest BCUT2D eigenvalue weighted by molar-refractivity contribution is -0.112. The summed E-state index contributed by atoms with van der Waals surface area (Å²) in [5.74, 6) is -0.0145. The number of carbonyl (C=O) groups is 1. The first-order valence-corrected chi connectivity index (χ1v) is 10.3. The normalized spacial score (nSPS) is 11.1. The molecule has 0 spiro atoms. The number of hydrogen-bond acceptors (Lipinski definition) is 3. The van der Waals surface area contributed by atoms with Crippen molar-refractivity contribution in [1.82, 2.24) is 0 Å². The van der Waals surface area contributed by atoms with E-state index in [4.69, 9.17) is 4.74 Å². The first-order valence-electron chi connectivity index (χ1n) is 10.3. The maximum atomic E-state index is 13.1. The number of halogens is 1. The molecule has 0 aliphatic carbocycles. The van der Waals surface area contributed by atoms with E-state index in [9.17, 15) is 14.4 Å². The van der Waals surface area contributed by atoms with Crippen LogP contribution in [0.5, 0.6) is 5.75 Å². The Morgan fingerprint density at radius 1 is 0.969 bits per heavy atom. The number of aryl methyl sites for hydroxylation is 4. The smallest absolute Gasteiger partial charge is 0.266 e. The van der Waals surface area contributed by atoms with E-state index < -0.39 is 5.91 Å². The highest BCUT2D eigenvalue weighted by molar-refractivity contribution is 6.09. The Bertz CT molecular complexity index is 1200. The fraction of sp³-hybridized carbons (Fsp3) is 0.185. The van der Waals surface area contributed by atoms with Gasteiger partial charge in [-0.2, -0.15) is 5.26 Å². The van der Waals surface area contributed by atoms with Gasteiger partial charge >= 0.3 is 0 Å². The van der Waals surface area contributed by atoms with E-state index in [1.807, 2.05) is 64.1 Å². The van der Waals surface area contributed by atoms with Gasteiger partial charge in [0.2, 0.25) is 0 Å². The Balaban J connectivity index is 1.77. The third kappa shape index (κ3) is 5.61. The number of nitrogens with zero attached hydrogens (tertiary/aromatic N) is 1. The van der Waals surface area contributed by atoms with Crippen LogP contribution < -0.4 is 10.1 Å². The molecule has 3 rings (SSSR count). The molecule has 32 heavy (non-hydrogen) atoms. The third-order valence-corrected chi connectivity index (χ3v) is 5.22. The monoisotopic (exact) mass is 428 g/mol. The molecule has 3 aromatic carbocycles. The van der Waals surface area contributed by atoms with Gasteiger partial charge < -0.3 is 10.1 Å². The highest BCUT2D eigenvalue weighted by atomic mass is 19.1. The molecular weight excluding hydrogens is 403 g/mol. The average molecular weight is 429 g/mol. The summed E-state index contributed by atoms with van der Waals surface area (Å²) in [5, 5.41) is 12.3. The summed E-state index contributed by atoms with van der Waals surface area (Å²) in [6, 6.07) is 17.5. The minimum Gasteiger partial charge on any atom is -0.488 e. The van der Waals surface area contributed by atoms with Crippen LogP contribution in [0.15, 0.2) is 60.2 Å². The average Bonchev–Trinajstić information content (AvgIpc) is 2.75. The summed E-state index contributed by atoms with van der Waals surface area (Å²) in [6.07, 6.45) is 1.57. The topological polar surface area (TPSA) is 62.1 Å². The minimum atomic E-state index is -0.456. The first kappa shape index (κ1) is 22.8. The van der Waals surface area contributed by atoms with Crippen molar-refractivity contribution < 1.29 is 13.9 Å². The second-order valence-electron chi connectivity index (χ2n) is 7.82. The Hall–Kier alpha value is -3.91. The van der Waals surface area contributed by atoms with Gasteiger partial charge in [0.05, 0.1) is 0 Å². The van der Waals surface area contributed by atoms with Gasteiger partial charge in [0.1, 0.15) is 29.8 Å². The lowest BCUT2D eigenvalue weighted by Crippen LogP contribution is -2.13. The molecule has 0 aliphatic heterocycles. The van der Waals surface area contributed by atoms with E-state index in [1.165, 1.54) is 12.1 Å². The molecule has 0 aromatic heterocycles. The zero-order valence-electron chi connectivity index (χ0n) is 18.6. The van der Waals surface area contributed by atoms with Crippen molar-refractivity contribution in [3.8, 4) is 11.8 Å². The molecule has 5 heteroatoms. The van der Waals surface area contributed by atoms with Crippen LogP contribution in [-0.2, 0) is 11.4 Å². The van der Waals surface area contributed by atoms with Gasteiger partial charge in [-0.15, -0.1) is 0 Å². The minimum absolute atomic E-state index is 0.0157. The molecule has 162 valence electrons. The molecule has 0 fully saturated rings. The molecule has 0 radical (unpaired) electrons. The highest BCUT2D eigenvalue weighted by Crippen LogP contribution is 2.27. The van der Waals surface area contributed by atoms with Gasteiger partial charge in [0, 0.05) is 5.69 Å². The lowest BCUT2D eigenvalue weighted by Gasteiger charge is -2.13. The van der Waals surface area contributed by atoms with Crippen LogP contribution in [-0.4, -0.2) is 5.91 Å². The van der Waals surface area contributed by atoms with Gasteiger partial charge in [-0.05, 0) is 104 Å². The van der Waals surface area contributed by atoms with Gasteiger partial charge in [0.25, 0.3) is 5.91 Å². The van der Waals surface area contributed by atoms with Crippen LogP contribution in [0.1, 0.15) is 33.4 Å². The molecule has 0 saturated carbocycles. The van der Waals surface area contributed by atoms with Crippen molar-refractivity contribution >= 4 is 17.7 Å². The summed E-state index contributed by atoms with van der Waals surface area (Å²) in [7, 11) is 0. The summed E-state index contributed by atoms with van der Waals surface area (Å²) in [4.78, 5) is 12.6. The maximum absolute atomic E-state index is 13.1. The second kappa shape index (κ2) is 9.93. The van der Waals surface area contributed by atoms with Gasteiger partial charge in [-0.25, -0.2) is 4.39 Å². The molecule has 1 N–H and O–H groups in total. The van der Waals surface area contributed by atoms with Crippen molar-refractivity contribution in [2.24, 2.45) is 0 Å². The third-order valence-electron chi connectivity index (χ3n) is 5.22. The maximum Gasteiger partial charge on any atom is 0.266 e. The molecule has 0 saturated heterocycles. The first-order chi connectivity index (χ1) is 15.3. The van der Waals surface area contributed by atoms with Gasteiger partial charge in [-0.3, -0.25) is 4.79 Å². The number of carbonyl (C=O) groups excluding carboxylic acids is 1. The largest absolute Gasteiger partial charge is 0.488 e. The molecule has 3 aromatic rings.